The number of allylic oxidation sites excluding steroid dienone is 1. The standard InChI is InChI=1S/C15H29F2NO/c1-3-5-6-7-8-9-14(18-11-4-2)10-12-19-13-15(16)17/h3,14-15,18H,1,4-13H2,2H3. The van der Waals surface area contributed by atoms with Gasteiger partial charge in [0, 0.05) is 12.6 Å². The number of hydrogen-bond donors (Lipinski definition) is 1. The van der Waals surface area contributed by atoms with E-state index in [4.69, 9.17) is 4.74 Å². The first-order chi connectivity index (χ1) is 9.20. The van der Waals surface area contributed by atoms with Gasteiger partial charge < -0.3 is 10.1 Å². The third-order valence-electron chi connectivity index (χ3n) is 3.00. The number of rotatable bonds is 14. The zero-order chi connectivity index (χ0) is 14.3. The van der Waals surface area contributed by atoms with Gasteiger partial charge in [0.1, 0.15) is 6.61 Å². The number of alkyl halides is 2. The fourth-order valence-electron chi connectivity index (χ4n) is 1.95. The molecule has 0 bridgehead atoms. The van der Waals surface area contributed by atoms with Crippen LogP contribution in [0.2, 0.25) is 0 Å². The lowest BCUT2D eigenvalue weighted by atomic mass is 10.0. The van der Waals surface area contributed by atoms with Crippen LogP contribution in [0.25, 0.3) is 0 Å². The highest BCUT2D eigenvalue weighted by molar-refractivity contribution is 4.69. The minimum Gasteiger partial charge on any atom is -0.375 e. The lowest BCUT2D eigenvalue weighted by molar-refractivity contribution is 0.0141. The molecule has 1 unspecified atom stereocenters. The molecule has 0 aliphatic heterocycles. The number of unbranched alkanes of at least 4 members (excludes halogenated alkanes) is 3. The average Bonchev–Trinajstić information content (AvgIpc) is 2.39. The molecule has 4 heteroatoms. The molecule has 0 rings (SSSR count). The van der Waals surface area contributed by atoms with Crippen LogP contribution in [0.5, 0.6) is 0 Å². The maximum Gasteiger partial charge on any atom is 0.261 e. The zero-order valence-electron chi connectivity index (χ0n) is 12.2. The van der Waals surface area contributed by atoms with Gasteiger partial charge in [0.15, 0.2) is 0 Å². The van der Waals surface area contributed by atoms with Crippen LogP contribution in [0.1, 0.15) is 51.9 Å². The van der Waals surface area contributed by atoms with Crippen molar-refractivity contribution in [2.45, 2.75) is 64.3 Å². The molecule has 1 N–H and O–H groups in total. The van der Waals surface area contributed by atoms with Crippen molar-refractivity contribution >= 4 is 0 Å². The molecule has 0 amide bonds. The predicted molar refractivity (Wildman–Crippen MR) is 76.8 cm³/mol. The van der Waals surface area contributed by atoms with Gasteiger partial charge in [0.25, 0.3) is 6.43 Å². The largest absolute Gasteiger partial charge is 0.375 e. The van der Waals surface area contributed by atoms with Crippen LogP contribution < -0.4 is 5.32 Å². The summed E-state index contributed by atoms with van der Waals surface area (Å²) in [5, 5.41) is 3.46. The Hall–Kier alpha value is -0.480. The van der Waals surface area contributed by atoms with E-state index in [0.717, 1.165) is 32.2 Å². The molecule has 2 nitrogen and oxygen atoms in total. The van der Waals surface area contributed by atoms with Gasteiger partial charge >= 0.3 is 0 Å². The quantitative estimate of drug-likeness (QED) is 0.380. The summed E-state index contributed by atoms with van der Waals surface area (Å²) in [6.45, 7) is 6.78. The van der Waals surface area contributed by atoms with Crippen LogP contribution in [-0.4, -0.2) is 32.2 Å². The second kappa shape index (κ2) is 13.9. The van der Waals surface area contributed by atoms with E-state index in [1.807, 2.05) is 6.08 Å². The molecule has 1 atom stereocenters. The van der Waals surface area contributed by atoms with Gasteiger partial charge in [-0.05, 0) is 38.6 Å². The third-order valence-corrected chi connectivity index (χ3v) is 3.00. The second-order valence-electron chi connectivity index (χ2n) is 4.83. The number of ether oxygens (including phenoxy) is 1. The van der Waals surface area contributed by atoms with Crippen LogP contribution in [0.4, 0.5) is 8.78 Å². The fourth-order valence-corrected chi connectivity index (χ4v) is 1.95. The molecule has 0 spiro atoms. The Morgan fingerprint density at radius 3 is 2.63 bits per heavy atom. The molecule has 0 radical (unpaired) electrons. The molecule has 0 aromatic carbocycles. The monoisotopic (exact) mass is 277 g/mol. The van der Waals surface area contributed by atoms with Gasteiger partial charge in [-0.3, -0.25) is 0 Å². The summed E-state index contributed by atoms with van der Waals surface area (Å²) in [6.07, 6.45) is 7.22. The predicted octanol–water partition coefficient (Wildman–Crippen LogP) is 4.16. The Balaban J connectivity index is 3.65. The van der Waals surface area contributed by atoms with E-state index < -0.39 is 13.0 Å². The molecule has 0 aromatic rings. The Labute approximate surface area is 116 Å². The second-order valence-corrected chi connectivity index (χ2v) is 4.83. The lowest BCUT2D eigenvalue weighted by Crippen LogP contribution is -2.31. The normalized spacial score (nSPS) is 12.8. The maximum absolute atomic E-state index is 11.9. The SMILES string of the molecule is C=CCCCCCC(CCOCC(F)F)NCCC. The van der Waals surface area contributed by atoms with Crippen LogP contribution in [0, 0.1) is 0 Å². The summed E-state index contributed by atoms with van der Waals surface area (Å²) in [5.41, 5.74) is 0. The summed E-state index contributed by atoms with van der Waals surface area (Å²) < 4.78 is 28.8. The third kappa shape index (κ3) is 13.7. The first-order valence-electron chi connectivity index (χ1n) is 7.40. The molecule has 114 valence electrons. The number of halogens is 2. The van der Waals surface area contributed by atoms with Crippen LogP contribution in [0.15, 0.2) is 12.7 Å². The summed E-state index contributed by atoms with van der Waals surface area (Å²) in [7, 11) is 0. The van der Waals surface area contributed by atoms with Gasteiger partial charge in [0.05, 0.1) is 0 Å². The Morgan fingerprint density at radius 1 is 1.21 bits per heavy atom. The summed E-state index contributed by atoms with van der Waals surface area (Å²) in [5.74, 6) is 0. The van der Waals surface area contributed by atoms with Gasteiger partial charge in [-0.25, -0.2) is 8.78 Å². The van der Waals surface area contributed by atoms with E-state index in [-0.39, 0.29) is 0 Å². The molecule has 0 aliphatic rings. The van der Waals surface area contributed by atoms with Crippen LogP contribution in [-0.2, 0) is 4.74 Å². The van der Waals surface area contributed by atoms with Crippen molar-refractivity contribution in [1.29, 1.82) is 0 Å². The molecular formula is C15H29F2NO. The summed E-state index contributed by atoms with van der Waals surface area (Å²) in [6, 6.07) is 0.390. The first kappa shape index (κ1) is 18.5. The molecule has 0 aromatic heterocycles. The van der Waals surface area contributed by atoms with Crippen molar-refractivity contribution in [1.82, 2.24) is 5.32 Å². The van der Waals surface area contributed by atoms with Crippen molar-refractivity contribution in [3.8, 4) is 0 Å². The highest BCUT2D eigenvalue weighted by atomic mass is 19.3. The van der Waals surface area contributed by atoms with Crippen molar-refractivity contribution in [3.05, 3.63) is 12.7 Å². The molecular weight excluding hydrogens is 248 g/mol. The molecule has 0 saturated carbocycles. The van der Waals surface area contributed by atoms with Gasteiger partial charge in [0.2, 0.25) is 0 Å². The average molecular weight is 277 g/mol. The molecule has 19 heavy (non-hydrogen) atoms. The first-order valence-corrected chi connectivity index (χ1v) is 7.40. The van der Waals surface area contributed by atoms with E-state index in [1.54, 1.807) is 0 Å². The van der Waals surface area contributed by atoms with Gasteiger partial charge in [-0.1, -0.05) is 25.8 Å². The van der Waals surface area contributed by atoms with Crippen molar-refractivity contribution in [2.75, 3.05) is 19.8 Å². The van der Waals surface area contributed by atoms with Gasteiger partial charge in [-0.15, -0.1) is 6.58 Å². The Kier molecular flexibility index (Phi) is 13.6. The zero-order valence-corrected chi connectivity index (χ0v) is 12.2. The minimum atomic E-state index is -2.36. The highest BCUT2D eigenvalue weighted by Crippen LogP contribution is 2.09. The Bertz CT molecular complexity index is 201. The topological polar surface area (TPSA) is 21.3 Å². The highest BCUT2D eigenvalue weighted by Gasteiger charge is 2.08. The lowest BCUT2D eigenvalue weighted by Gasteiger charge is -2.18. The smallest absolute Gasteiger partial charge is 0.261 e. The van der Waals surface area contributed by atoms with E-state index in [0.29, 0.717) is 12.6 Å². The molecule has 0 saturated heterocycles. The molecule has 0 fully saturated rings. The summed E-state index contributed by atoms with van der Waals surface area (Å²) >= 11 is 0. The van der Waals surface area contributed by atoms with Crippen LogP contribution >= 0.6 is 0 Å². The van der Waals surface area contributed by atoms with E-state index in [1.165, 1.54) is 19.3 Å². The Morgan fingerprint density at radius 2 is 2.00 bits per heavy atom. The molecule has 0 heterocycles. The van der Waals surface area contributed by atoms with Gasteiger partial charge in [-0.2, -0.15) is 0 Å². The van der Waals surface area contributed by atoms with E-state index >= 15 is 0 Å². The number of nitrogens with one attached hydrogen (secondary N) is 1. The van der Waals surface area contributed by atoms with E-state index in [9.17, 15) is 8.78 Å². The van der Waals surface area contributed by atoms with Crippen molar-refractivity contribution < 1.29 is 13.5 Å². The van der Waals surface area contributed by atoms with Crippen molar-refractivity contribution in [2.24, 2.45) is 0 Å². The maximum atomic E-state index is 11.9. The minimum absolute atomic E-state index is 0.390. The van der Waals surface area contributed by atoms with E-state index in [2.05, 4.69) is 18.8 Å². The molecule has 0 aliphatic carbocycles. The van der Waals surface area contributed by atoms with Crippen LogP contribution in [0.3, 0.4) is 0 Å². The summed E-state index contributed by atoms with van der Waals surface area (Å²) in [4.78, 5) is 0. The fraction of sp³-hybridized carbons (Fsp3) is 0.867. The van der Waals surface area contributed by atoms with Crippen molar-refractivity contribution in [3.63, 3.8) is 0 Å². The number of hydrogen-bond acceptors (Lipinski definition) is 2.